The Hall–Kier alpha value is -3.93. The molecule has 1 aromatic heterocycles. The fraction of sp³-hybridized carbons (Fsp3) is 0.125. The molecule has 3 aromatic carbocycles. The largest absolute Gasteiger partial charge is 0.455 e. The molecule has 0 aliphatic carbocycles. The lowest BCUT2D eigenvalue weighted by Gasteiger charge is -2.11. The number of esters is 1. The first-order valence-electron chi connectivity index (χ1n) is 9.48. The SMILES string of the molecule is CC(=O)Nc1cc2ccccc2cc1C(=O)OCc1coc(-c2ccc(C)cc2)n1. The maximum absolute atomic E-state index is 12.7. The van der Waals surface area contributed by atoms with E-state index in [0.717, 1.165) is 21.9 Å². The Bertz CT molecular complexity index is 1230. The lowest BCUT2D eigenvalue weighted by Crippen LogP contribution is -2.13. The standard InChI is InChI=1S/C24H20N2O4/c1-15-7-9-17(10-8-15)23-26-20(13-29-23)14-30-24(28)21-11-18-5-3-4-6-19(18)12-22(21)25-16(2)27/h3-13H,14H2,1-2H3,(H,25,27). The molecule has 0 saturated carbocycles. The summed E-state index contributed by atoms with van der Waals surface area (Å²) in [4.78, 5) is 28.7. The van der Waals surface area contributed by atoms with Crippen molar-refractivity contribution < 1.29 is 18.7 Å². The summed E-state index contributed by atoms with van der Waals surface area (Å²) < 4.78 is 10.9. The summed E-state index contributed by atoms with van der Waals surface area (Å²) in [6.45, 7) is 3.36. The van der Waals surface area contributed by atoms with Gasteiger partial charge in [-0.2, -0.15) is 0 Å². The van der Waals surface area contributed by atoms with E-state index in [4.69, 9.17) is 9.15 Å². The quantitative estimate of drug-likeness (QED) is 0.470. The minimum absolute atomic E-state index is 0.0411. The van der Waals surface area contributed by atoms with Crippen LogP contribution in [0.4, 0.5) is 5.69 Å². The second-order valence-corrected chi connectivity index (χ2v) is 7.01. The van der Waals surface area contributed by atoms with Crippen molar-refractivity contribution in [2.45, 2.75) is 20.5 Å². The molecule has 0 saturated heterocycles. The number of oxazole rings is 1. The molecule has 150 valence electrons. The number of ether oxygens (including phenoxy) is 1. The Morgan fingerprint density at radius 1 is 1.03 bits per heavy atom. The summed E-state index contributed by atoms with van der Waals surface area (Å²) >= 11 is 0. The van der Waals surface area contributed by atoms with Gasteiger partial charge in [0.2, 0.25) is 11.8 Å². The molecule has 4 rings (SSSR count). The zero-order valence-corrected chi connectivity index (χ0v) is 16.6. The minimum atomic E-state index is -0.551. The minimum Gasteiger partial charge on any atom is -0.455 e. The van der Waals surface area contributed by atoms with Crippen molar-refractivity contribution in [1.82, 2.24) is 4.98 Å². The third-order valence-corrected chi connectivity index (χ3v) is 4.62. The van der Waals surface area contributed by atoms with Crippen LogP contribution >= 0.6 is 0 Å². The van der Waals surface area contributed by atoms with Gasteiger partial charge in [-0.05, 0) is 42.0 Å². The van der Waals surface area contributed by atoms with Gasteiger partial charge >= 0.3 is 5.97 Å². The van der Waals surface area contributed by atoms with Gasteiger partial charge in [0, 0.05) is 12.5 Å². The molecule has 0 fully saturated rings. The predicted molar refractivity (Wildman–Crippen MR) is 114 cm³/mol. The van der Waals surface area contributed by atoms with E-state index < -0.39 is 5.97 Å². The number of benzene rings is 3. The molecule has 4 aromatic rings. The molecular formula is C24H20N2O4. The zero-order valence-electron chi connectivity index (χ0n) is 16.6. The van der Waals surface area contributed by atoms with Crippen LogP contribution in [0.15, 0.2) is 71.3 Å². The Kier molecular flexibility index (Phi) is 5.30. The number of hydrogen-bond acceptors (Lipinski definition) is 5. The molecular weight excluding hydrogens is 380 g/mol. The number of amides is 1. The van der Waals surface area contributed by atoms with Crippen LogP contribution in [-0.2, 0) is 16.1 Å². The second kappa shape index (κ2) is 8.21. The number of aromatic nitrogens is 1. The smallest absolute Gasteiger partial charge is 0.340 e. The van der Waals surface area contributed by atoms with Crippen LogP contribution in [0.25, 0.3) is 22.2 Å². The molecule has 0 atom stereocenters. The molecule has 0 radical (unpaired) electrons. The van der Waals surface area contributed by atoms with Crippen LogP contribution in [0, 0.1) is 6.92 Å². The molecule has 0 aliphatic heterocycles. The Morgan fingerprint density at radius 3 is 2.43 bits per heavy atom. The van der Waals surface area contributed by atoms with Crippen molar-refractivity contribution in [2.75, 3.05) is 5.32 Å². The third kappa shape index (κ3) is 4.22. The van der Waals surface area contributed by atoms with Gasteiger partial charge in [-0.3, -0.25) is 4.79 Å². The monoisotopic (exact) mass is 400 g/mol. The molecule has 0 aliphatic rings. The summed E-state index contributed by atoms with van der Waals surface area (Å²) in [5.41, 5.74) is 3.18. The van der Waals surface area contributed by atoms with E-state index in [0.29, 0.717) is 17.3 Å². The van der Waals surface area contributed by atoms with Gasteiger partial charge in [0.1, 0.15) is 18.6 Å². The zero-order chi connectivity index (χ0) is 21.1. The van der Waals surface area contributed by atoms with Gasteiger partial charge in [-0.25, -0.2) is 9.78 Å². The van der Waals surface area contributed by atoms with Crippen molar-refractivity contribution >= 4 is 28.3 Å². The highest BCUT2D eigenvalue weighted by Gasteiger charge is 2.17. The van der Waals surface area contributed by atoms with Crippen molar-refractivity contribution in [3.63, 3.8) is 0 Å². The number of carbonyl (C=O) groups excluding carboxylic acids is 2. The van der Waals surface area contributed by atoms with Gasteiger partial charge in [-0.1, -0.05) is 42.0 Å². The van der Waals surface area contributed by atoms with E-state index in [1.54, 1.807) is 12.1 Å². The molecule has 1 N–H and O–H groups in total. The van der Waals surface area contributed by atoms with Crippen LogP contribution in [0.5, 0.6) is 0 Å². The Labute approximate surface area is 173 Å². The van der Waals surface area contributed by atoms with Crippen molar-refractivity contribution in [2.24, 2.45) is 0 Å². The van der Waals surface area contributed by atoms with Crippen LogP contribution < -0.4 is 5.32 Å². The van der Waals surface area contributed by atoms with E-state index >= 15 is 0 Å². The van der Waals surface area contributed by atoms with E-state index in [1.165, 1.54) is 13.2 Å². The first kappa shape index (κ1) is 19.4. The lowest BCUT2D eigenvalue weighted by molar-refractivity contribution is -0.114. The van der Waals surface area contributed by atoms with Crippen molar-refractivity contribution in [3.8, 4) is 11.5 Å². The van der Waals surface area contributed by atoms with Crippen LogP contribution in [-0.4, -0.2) is 16.9 Å². The van der Waals surface area contributed by atoms with E-state index in [1.807, 2.05) is 55.5 Å². The molecule has 6 heteroatoms. The van der Waals surface area contributed by atoms with Gasteiger partial charge in [-0.15, -0.1) is 0 Å². The number of fused-ring (bicyclic) bond motifs is 1. The highest BCUT2D eigenvalue weighted by atomic mass is 16.5. The highest BCUT2D eigenvalue weighted by molar-refractivity contribution is 6.05. The number of aryl methyl sites for hydroxylation is 1. The molecule has 0 bridgehead atoms. The second-order valence-electron chi connectivity index (χ2n) is 7.01. The summed E-state index contributed by atoms with van der Waals surface area (Å²) in [5.74, 6) is -0.353. The summed E-state index contributed by atoms with van der Waals surface area (Å²) in [5, 5.41) is 4.49. The van der Waals surface area contributed by atoms with Gasteiger partial charge < -0.3 is 14.5 Å². The average molecular weight is 400 g/mol. The molecule has 1 amide bonds. The van der Waals surface area contributed by atoms with Crippen molar-refractivity contribution in [1.29, 1.82) is 0 Å². The van der Waals surface area contributed by atoms with Crippen LogP contribution in [0.3, 0.4) is 0 Å². The van der Waals surface area contributed by atoms with E-state index in [9.17, 15) is 9.59 Å². The molecule has 6 nitrogen and oxygen atoms in total. The summed E-state index contributed by atoms with van der Waals surface area (Å²) in [6.07, 6.45) is 1.47. The molecule has 0 spiro atoms. The van der Waals surface area contributed by atoms with Crippen LogP contribution in [0.1, 0.15) is 28.5 Å². The Morgan fingerprint density at radius 2 is 1.73 bits per heavy atom. The molecule has 30 heavy (non-hydrogen) atoms. The number of hydrogen-bond donors (Lipinski definition) is 1. The fourth-order valence-electron chi connectivity index (χ4n) is 3.12. The number of nitrogens with zero attached hydrogens (tertiary/aromatic N) is 1. The first-order chi connectivity index (χ1) is 14.5. The van der Waals surface area contributed by atoms with Crippen molar-refractivity contribution in [3.05, 3.63) is 83.7 Å². The summed E-state index contributed by atoms with van der Waals surface area (Å²) in [6, 6.07) is 18.9. The third-order valence-electron chi connectivity index (χ3n) is 4.62. The number of anilines is 1. The predicted octanol–water partition coefficient (Wildman–Crippen LogP) is 5.12. The van der Waals surface area contributed by atoms with E-state index in [2.05, 4.69) is 10.3 Å². The van der Waals surface area contributed by atoms with Gasteiger partial charge in [0.15, 0.2) is 0 Å². The molecule has 0 unspecified atom stereocenters. The molecule has 1 heterocycles. The fourth-order valence-corrected chi connectivity index (χ4v) is 3.12. The first-order valence-corrected chi connectivity index (χ1v) is 9.48. The topological polar surface area (TPSA) is 81.4 Å². The average Bonchev–Trinajstić information content (AvgIpc) is 3.20. The normalized spacial score (nSPS) is 10.7. The maximum Gasteiger partial charge on any atom is 0.340 e. The maximum atomic E-state index is 12.7. The Balaban J connectivity index is 1.53. The van der Waals surface area contributed by atoms with E-state index in [-0.39, 0.29) is 18.1 Å². The number of carbonyl (C=O) groups is 2. The lowest BCUT2D eigenvalue weighted by atomic mass is 10.0. The number of nitrogens with one attached hydrogen (secondary N) is 1. The highest BCUT2D eigenvalue weighted by Crippen LogP contribution is 2.26. The number of rotatable bonds is 5. The van der Waals surface area contributed by atoms with Gasteiger partial charge in [0.05, 0.1) is 11.3 Å². The van der Waals surface area contributed by atoms with Crippen LogP contribution in [0.2, 0.25) is 0 Å². The summed E-state index contributed by atoms with van der Waals surface area (Å²) in [7, 11) is 0. The van der Waals surface area contributed by atoms with Gasteiger partial charge in [0.25, 0.3) is 0 Å².